The van der Waals surface area contributed by atoms with Gasteiger partial charge in [0.2, 0.25) is 0 Å². The Morgan fingerprint density at radius 1 is 0.920 bits per heavy atom. The van der Waals surface area contributed by atoms with Crippen molar-refractivity contribution >= 4 is 17.7 Å². The molecule has 0 rings (SSSR count). The molecule has 0 aliphatic carbocycles. The molecule has 0 spiro atoms. The van der Waals surface area contributed by atoms with Crippen LogP contribution in [0.1, 0.15) is 97.3 Å². The summed E-state index contributed by atoms with van der Waals surface area (Å²) in [4.78, 5) is 11.0. The van der Waals surface area contributed by atoms with Crippen LogP contribution in [-0.4, -0.2) is 24.1 Å². The standard InChI is InChI=1S/C22H42O2S/c1-4-7-9-11-12-14-17-21(16-13-10-8-5-2)20-25-19-15-18-24-22(23)6-3/h6,21H,3-5,7-20H2,1-2H3. The predicted molar refractivity (Wildman–Crippen MR) is 113 cm³/mol. The molecule has 148 valence electrons. The van der Waals surface area contributed by atoms with E-state index in [0.717, 1.165) is 18.1 Å². The summed E-state index contributed by atoms with van der Waals surface area (Å²) in [5, 5.41) is 0. The third-order valence-electron chi connectivity index (χ3n) is 4.63. The number of hydrogen-bond donors (Lipinski definition) is 0. The number of ether oxygens (including phenoxy) is 1. The average molecular weight is 371 g/mol. The highest BCUT2D eigenvalue weighted by Crippen LogP contribution is 2.23. The van der Waals surface area contributed by atoms with Crippen LogP contribution in [-0.2, 0) is 9.53 Å². The van der Waals surface area contributed by atoms with Gasteiger partial charge in [0.05, 0.1) is 6.61 Å². The van der Waals surface area contributed by atoms with Crippen molar-refractivity contribution in [3.63, 3.8) is 0 Å². The van der Waals surface area contributed by atoms with E-state index in [9.17, 15) is 4.79 Å². The van der Waals surface area contributed by atoms with E-state index in [1.807, 2.05) is 11.8 Å². The van der Waals surface area contributed by atoms with Gasteiger partial charge < -0.3 is 4.74 Å². The SMILES string of the molecule is C=CC(=O)OCCCSCC(CCCCCC)CCCCCCCC. The zero-order valence-electron chi connectivity index (χ0n) is 16.9. The number of rotatable bonds is 19. The maximum absolute atomic E-state index is 11.0. The maximum atomic E-state index is 11.0. The molecule has 0 radical (unpaired) electrons. The first-order valence-electron chi connectivity index (χ1n) is 10.6. The minimum atomic E-state index is -0.304. The third-order valence-corrected chi connectivity index (χ3v) is 5.91. The van der Waals surface area contributed by atoms with Gasteiger partial charge in [0.1, 0.15) is 0 Å². The molecule has 0 heterocycles. The van der Waals surface area contributed by atoms with Crippen LogP contribution in [0.25, 0.3) is 0 Å². The molecule has 25 heavy (non-hydrogen) atoms. The van der Waals surface area contributed by atoms with Gasteiger partial charge in [-0.2, -0.15) is 11.8 Å². The summed E-state index contributed by atoms with van der Waals surface area (Å²) in [6.45, 7) is 8.50. The average Bonchev–Trinajstić information content (AvgIpc) is 2.63. The number of thioether (sulfide) groups is 1. The summed E-state index contributed by atoms with van der Waals surface area (Å²) < 4.78 is 5.03. The molecule has 0 aliphatic rings. The Bertz CT molecular complexity index is 304. The minimum absolute atomic E-state index is 0.304. The molecule has 1 atom stereocenters. The molecule has 0 bridgehead atoms. The highest BCUT2D eigenvalue weighted by molar-refractivity contribution is 7.99. The highest BCUT2D eigenvalue weighted by atomic mass is 32.2. The maximum Gasteiger partial charge on any atom is 0.330 e. The Balaban J connectivity index is 3.79. The second kappa shape index (κ2) is 19.9. The van der Waals surface area contributed by atoms with Crippen LogP contribution in [0.2, 0.25) is 0 Å². The molecule has 2 nitrogen and oxygen atoms in total. The molecular weight excluding hydrogens is 328 g/mol. The fourth-order valence-corrected chi connectivity index (χ4v) is 4.18. The van der Waals surface area contributed by atoms with Crippen LogP contribution in [0, 0.1) is 5.92 Å². The topological polar surface area (TPSA) is 26.3 Å². The van der Waals surface area contributed by atoms with Gasteiger partial charge in [-0.3, -0.25) is 0 Å². The Hall–Kier alpha value is -0.440. The molecule has 0 aromatic carbocycles. The van der Waals surface area contributed by atoms with Gasteiger partial charge in [-0.15, -0.1) is 0 Å². The normalized spacial score (nSPS) is 12.1. The van der Waals surface area contributed by atoms with E-state index in [-0.39, 0.29) is 5.97 Å². The lowest BCUT2D eigenvalue weighted by Gasteiger charge is -2.16. The van der Waals surface area contributed by atoms with Crippen molar-refractivity contribution in [3.8, 4) is 0 Å². The molecule has 0 amide bonds. The Labute approximate surface area is 161 Å². The lowest BCUT2D eigenvalue weighted by molar-refractivity contribution is -0.137. The smallest absolute Gasteiger partial charge is 0.330 e. The number of carbonyl (C=O) groups excluding carboxylic acids is 1. The molecule has 0 aromatic rings. The Kier molecular flexibility index (Phi) is 19.5. The first kappa shape index (κ1) is 24.6. The van der Waals surface area contributed by atoms with Crippen LogP contribution in [0.3, 0.4) is 0 Å². The lowest BCUT2D eigenvalue weighted by Crippen LogP contribution is -2.06. The quantitative estimate of drug-likeness (QED) is 0.137. The summed E-state index contributed by atoms with van der Waals surface area (Å²) in [7, 11) is 0. The zero-order chi connectivity index (χ0) is 18.6. The van der Waals surface area contributed by atoms with Gasteiger partial charge >= 0.3 is 5.97 Å². The zero-order valence-corrected chi connectivity index (χ0v) is 17.7. The molecule has 3 heteroatoms. The van der Waals surface area contributed by atoms with Crippen LogP contribution in [0.15, 0.2) is 12.7 Å². The van der Waals surface area contributed by atoms with Gasteiger partial charge in [-0.1, -0.05) is 84.6 Å². The molecule has 0 fully saturated rings. The highest BCUT2D eigenvalue weighted by Gasteiger charge is 2.09. The van der Waals surface area contributed by atoms with E-state index in [1.165, 1.54) is 88.9 Å². The number of unbranched alkanes of at least 4 members (excludes halogenated alkanes) is 8. The van der Waals surface area contributed by atoms with Gasteiger partial charge in [0, 0.05) is 6.08 Å². The largest absolute Gasteiger partial charge is 0.463 e. The second-order valence-corrected chi connectivity index (χ2v) is 8.22. The molecule has 1 unspecified atom stereocenters. The van der Waals surface area contributed by atoms with E-state index in [1.54, 1.807) is 0 Å². The van der Waals surface area contributed by atoms with Crippen LogP contribution in [0.4, 0.5) is 0 Å². The van der Waals surface area contributed by atoms with Crippen LogP contribution < -0.4 is 0 Å². The number of esters is 1. The lowest BCUT2D eigenvalue weighted by atomic mass is 9.96. The van der Waals surface area contributed by atoms with Crippen LogP contribution in [0.5, 0.6) is 0 Å². The first-order chi connectivity index (χ1) is 12.2. The van der Waals surface area contributed by atoms with E-state index in [0.29, 0.717) is 6.61 Å². The van der Waals surface area contributed by atoms with Gasteiger partial charge in [-0.05, 0) is 36.7 Å². The predicted octanol–water partition coefficient (Wildman–Crippen LogP) is 7.18. The molecule has 0 aromatic heterocycles. The van der Waals surface area contributed by atoms with E-state index >= 15 is 0 Å². The van der Waals surface area contributed by atoms with E-state index in [4.69, 9.17) is 4.74 Å². The minimum Gasteiger partial charge on any atom is -0.463 e. The fraction of sp³-hybridized carbons (Fsp3) is 0.864. The second-order valence-electron chi connectivity index (χ2n) is 7.07. The van der Waals surface area contributed by atoms with Crippen molar-refractivity contribution in [1.29, 1.82) is 0 Å². The van der Waals surface area contributed by atoms with Crippen molar-refractivity contribution in [1.82, 2.24) is 0 Å². The van der Waals surface area contributed by atoms with Crippen molar-refractivity contribution in [2.24, 2.45) is 5.92 Å². The van der Waals surface area contributed by atoms with Crippen molar-refractivity contribution in [3.05, 3.63) is 12.7 Å². The fourth-order valence-electron chi connectivity index (χ4n) is 3.03. The number of hydrogen-bond acceptors (Lipinski definition) is 3. The number of carbonyl (C=O) groups is 1. The van der Waals surface area contributed by atoms with Crippen molar-refractivity contribution in [2.45, 2.75) is 97.3 Å². The van der Waals surface area contributed by atoms with Crippen LogP contribution >= 0.6 is 11.8 Å². The van der Waals surface area contributed by atoms with E-state index < -0.39 is 0 Å². The summed E-state index contributed by atoms with van der Waals surface area (Å²) in [6.07, 6.45) is 18.8. The molecule has 0 aliphatic heterocycles. The summed E-state index contributed by atoms with van der Waals surface area (Å²) in [5.41, 5.74) is 0. The molecular formula is C22H42O2S. The van der Waals surface area contributed by atoms with Gasteiger partial charge in [0.25, 0.3) is 0 Å². The van der Waals surface area contributed by atoms with E-state index in [2.05, 4.69) is 20.4 Å². The summed E-state index contributed by atoms with van der Waals surface area (Å²) >= 11 is 2.04. The molecule has 0 saturated heterocycles. The Morgan fingerprint density at radius 3 is 2.08 bits per heavy atom. The Morgan fingerprint density at radius 2 is 1.48 bits per heavy atom. The summed E-state index contributed by atoms with van der Waals surface area (Å²) in [6, 6.07) is 0. The monoisotopic (exact) mass is 370 g/mol. The molecule has 0 saturated carbocycles. The third kappa shape index (κ3) is 18.2. The van der Waals surface area contributed by atoms with Crippen molar-refractivity contribution < 1.29 is 9.53 Å². The molecule has 0 N–H and O–H groups in total. The van der Waals surface area contributed by atoms with Gasteiger partial charge in [-0.25, -0.2) is 4.79 Å². The van der Waals surface area contributed by atoms with Gasteiger partial charge in [0.15, 0.2) is 0 Å². The van der Waals surface area contributed by atoms with Crippen molar-refractivity contribution in [2.75, 3.05) is 18.1 Å². The first-order valence-corrected chi connectivity index (χ1v) is 11.8. The summed E-state index contributed by atoms with van der Waals surface area (Å²) in [5.74, 6) is 2.94.